The van der Waals surface area contributed by atoms with E-state index in [1.807, 2.05) is 0 Å². The first-order valence-corrected chi connectivity index (χ1v) is 5.63. The second kappa shape index (κ2) is 5.89. The number of amides is 1. The predicted molar refractivity (Wildman–Crippen MR) is 65.6 cm³/mol. The van der Waals surface area contributed by atoms with Crippen LogP contribution in [0.15, 0.2) is 18.2 Å². The van der Waals surface area contributed by atoms with Gasteiger partial charge in [-0.15, -0.1) is 0 Å². The van der Waals surface area contributed by atoms with E-state index in [9.17, 15) is 9.59 Å². The van der Waals surface area contributed by atoms with Crippen LogP contribution in [0.3, 0.4) is 0 Å². The minimum Gasteiger partial charge on any atom is -0.481 e. The summed E-state index contributed by atoms with van der Waals surface area (Å²) >= 11 is 11.5. The highest BCUT2D eigenvalue weighted by Crippen LogP contribution is 2.22. The quantitative estimate of drug-likeness (QED) is 0.888. The standard InChI is InChI=1S/C11H11Cl2NO3/c1-6(4-10(15)16)14-11(17)7-2-3-8(12)9(13)5-7/h2-3,5-6H,4H2,1H3,(H,14,17)(H,15,16). The third-order valence-electron chi connectivity index (χ3n) is 2.04. The van der Waals surface area contributed by atoms with Gasteiger partial charge < -0.3 is 10.4 Å². The molecule has 0 heterocycles. The van der Waals surface area contributed by atoms with Crippen LogP contribution < -0.4 is 5.32 Å². The molecule has 0 aromatic heterocycles. The lowest BCUT2D eigenvalue weighted by Gasteiger charge is -2.11. The van der Waals surface area contributed by atoms with E-state index in [0.29, 0.717) is 10.6 Å². The number of carboxylic acids is 1. The van der Waals surface area contributed by atoms with Crippen LogP contribution in [0.2, 0.25) is 10.0 Å². The summed E-state index contributed by atoms with van der Waals surface area (Å²) in [7, 11) is 0. The minimum absolute atomic E-state index is 0.132. The number of halogens is 2. The van der Waals surface area contributed by atoms with E-state index in [-0.39, 0.29) is 17.4 Å². The molecule has 1 aromatic rings. The monoisotopic (exact) mass is 275 g/mol. The molecule has 4 nitrogen and oxygen atoms in total. The molecular weight excluding hydrogens is 265 g/mol. The van der Waals surface area contributed by atoms with Crippen LogP contribution in [-0.2, 0) is 4.79 Å². The second-order valence-corrected chi connectivity index (χ2v) is 4.42. The normalized spacial score (nSPS) is 11.9. The Morgan fingerprint density at radius 2 is 2.00 bits per heavy atom. The summed E-state index contributed by atoms with van der Waals surface area (Å²) < 4.78 is 0. The third-order valence-corrected chi connectivity index (χ3v) is 2.78. The van der Waals surface area contributed by atoms with Gasteiger partial charge in [0.2, 0.25) is 0 Å². The maximum absolute atomic E-state index is 11.7. The van der Waals surface area contributed by atoms with Gasteiger partial charge in [0.1, 0.15) is 0 Å². The number of aliphatic carboxylic acids is 1. The first-order valence-electron chi connectivity index (χ1n) is 4.88. The van der Waals surface area contributed by atoms with Gasteiger partial charge in [0.25, 0.3) is 5.91 Å². The highest BCUT2D eigenvalue weighted by molar-refractivity contribution is 6.42. The van der Waals surface area contributed by atoms with Crippen LogP contribution in [0, 0.1) is 0 Å². The van der Waals surface area contributed by atoms with E-state index >= 15 is 0 Å². The van der Waals surface area contributed by atoms with E-state index in [2.05, 4.69) is 5.32 Å². The summed E-state index contributed by atoms with van der Waals surface area (Å²) in [5.74, 6) is -1.34. The van der Waals surface area contributed by atoms with Crippen molar-refractivity contribution in [2.24, 2.45) is 0 Å². The Balaban J connectivity index is 2.70. The molecule has 0 aliphatic rings. The first kappa shape index (κ1) is 13.8. The molecule has 6 heteroatoms. The molecule has 0 saturated carbocycles. The third kappa shape index (κ3) is 4.24. The van der Waals surface area contributed by atoms with Gasteiger partial charge in [0.05, 0.1) is 16.5 Å². The van der Waals surface area contributed by atoms with Crippen molar-refractivity contribution in [1.29, 1.82) is 0 Å². The van der Waals surface area contributed by atoms with Crippen LogP contribution >= 0.6 is 23.2 Å². The zero-order valence-corrected chi connectivity index (χ0v) is 10.5. The molecule has 0 bridgehead atoms. The molecule has 1 rings (SSSR count). The van der Waals surface area contributed by atoms with Gasteiger partial charge in [0.15, 0.2) is 0 Å². The zero-order chi connectivity index (χ0) is 13.0. The van der Waals surface area contributed by atoms with Gasteiger partial charge >= 0.3 is 5.97 Å². The molecule has 0 radical (unpaired) electrons. The number of hydrogen-bond acceptors (Lipinski definition) is 2. The van der Waals surface area contributed by atoms with E-state index < -0.39 is 12.0 Å². The Kier molecular flexibility index (Phi) is 4.78. The fourth-order valence-corrected chi connectivity index (χ4v) is 1.56. The van der Waals surface area contributed by atoms with Gasteiger partial charge in [0, 0.05) is 11.6 Å². The average Bonchev–Trinajstić information content (AvgIpc) is 2.20. The van der Waals surface area contributed by atoms with Crippen LogP contribution in [0.4, 0.5) is 0 Å². The van der Waals surface area contributed by atoms with Crippen LogP contribution in [0.1, 0.15) is 23.7 Å². The molecule has 1 unspecified atom stereocenters. The number of benzene rings is 1. The summed E-state index contributed by atoms with van der Waals surface area (Å²) in [5.41, 5.74) is 0.344. The van der Waals surface area contributed by atoms with Gasteiger partial charge in [-0.2, -0.15) is 0 Å². The first-order chi connectivity index (χ1) is 7.90. The SMILES string of the molecule is CC(CC(=O)O)NC(=O)c1ccc(Cl)c(Cl)c1. The highest BCUT2D eigenvalue weighted by Gasteiger charge is 2.13. The van der Waals surface area contributed by atoms with E-state index in [1.165, 1.54) is 18.2 Å². The molecule has 1 aromatic carbocycles. The van der Waals surface area contributed by atoms with Crippen LogP contribution in [0.25, 0.3) is 0 Å². The summed E-state index contributed by atoms with van der Waals surface area (Å²) in [5, 5.41) is 11.8. The van der Waals surface area contributed by atoms with Gasteiger partial charge in [-0.1, -0.05) is 23.2 Å². The lowest BCUT2D eigenvalue weighted by atomic mass is 10.2. The van der Waals surface area contributed by atoms with Gasteiger partial charge in [-0.05, 0) is 25.1 Å². The molecule has 0 aliphatic carbocycles. The molecular formula is C11H11Cl2NO3. The van der Waals surface area contributed by atoms with Crippen molar-refractivity contribution in [3.63, 3.8) is 0 Å². The Morgan fingerprint density at radius 3 is 2.53 bits per heavy atom. The maximum atomic E-state index is 11.7. The summed E-state index contributed by atoms with van der Waals surface area (Å²) in [4.78, 5) is 22.1. The summed E-state index contributed by atoms with van der Waals surface area (Å²) in [6, 6.07) is 4.03. The molecule has 2 N–H and O–H groups in total. The molecule has 17 heavy (non-hydrogen) atoms. The Bertz CT molecular complexity index is 448. The summed E-state index contributed by atoms with van der Waals surface area (Å²) in [6.07, 6.45) is -0.132. The summed E-state index contributed by atoms with van der Waals surface area (Å²) in [6.45, 7) is 1.61. The number of nitrogens with one attached hydrogen (secondary N) is 1. The smallest absolute Gasteiger partial charge is 0.305 e. The molecule has 1 atom stereocenters. The number of rotatable bonds is 4. The topological polar surface area (TPSA) is 66.4 Å². The minimum atomic E-state index is -0.966. The lowest BCUT2D eigenvalue weighted by molar-refractivity contribution is -0.137. The number of carboxylic acid groups (broad SMARTS) is 1. The lowest BCUT2D eigenvalue weighted by Crippen LogP contribution is -2.34. The number of carbonyl (C=O) groups is 2. The van der Waals surface area contributed by atoms with Crippen molar-refractivity contribution >= 4 is 35.1 Å². The molecule has 0 saturated heterocycles. The van der Waals surface area contributed by atoms with Gasteiger partial charge in [-0.25, -0.2) is 0 Å². The van der Waals surface area contributed by atoms with E-state index in [0.717, 1.165) is 0 Å². The number of hydrogen-bond donors (Lipinski definition) is 2. The van der Waals surface area contributed by atoms with Crippen molar-refractivity contribution in [3.8, 4) is 0 Å². The van der Waals surface area contributed by atoms with Crippen molar-refractivity contribution in [1.82, 2.24) is 5.32 Å². The van der Waals surface area contributed by atoms with Crippen molar-refractivity contribution < 1.29 is 14.7 Å². The van der Waals surface area contributed by atoms with Gasteiger partial charge in [-0.3, -0.25) is 9.59 Å². The highest BCUT2D eigenvalue weighted by atomic mass is 35.5. The molecule has 1 amide bonds. The molecule has 0 fully saturated rings. The fraction of sp³-hybridized carbons (Fsp3) is 0.273. The van der Waals surface area contributed by atoms with Crippen LogP contribution in [-0.4, -0.2) is 23.0 Å². The maximum Gasteiger partial charge on any atom is 0.305 e. The van der Waals surface area contributed by atoms with Crippen LogP contribution in [0.5, 0.6) is 0 Å². The Labute approximate surface area is 109 Å². The predicted octanol–water partition coefficient (Wildman–Crippen LogP) is 2.59. The average molecular weight is 276 g/mol. The molecule has 0 aliphatic heterocycles. The fourth-order valence-electron chi connectivity index (χ4n) is 1.26. The Hall–Kier alpha value is -1.26. The molecule has 92 valence electrons. The van der Waals surface area contributed by atoms with Crippen molar-refractivity contribution in [3.05, 3.63) is 33.8 Å². The van der Waals surface area contributed by atoms with Crippen molar-refractivity contribution in [2.75, 3.05) is 0 Å². The Morgan fingerprint density at radius 1 is 1.35 bits per heavy atom. The van der Waals surface area contributed by atoms with E-state index in [1.54, 1.807) is 6.92 Å². The van der Waals surface area contributed by atoms with E-state index in [4.69, 9.17) is 28.3 Å². The second-order valence-electron chi connectivity index (χ2n) is 3.60. The largest absolute Gasteiger partial charge is 0.481 e. The molecule has 0 spiro atoms. The van der Waals surface area contributed by atoms with Crippen molar-refractivity contribution in [2.45, 2.75) is 19.4 Å². The number of carbonyl (C=O) groups excluding carboxylic acids is 1. The zero-order valence-electron chi connectivity index (χ0n) is 9.04.